The van der Waals surface area contributed by atoms with Crippen LogP contribution >= 0.6 is 27.7 Å². The molecule has 2 aromatic carbocycles. The number of thioether (sulfide) groups is 1. The summed E-state index contributed by atoms with van der Waals surface area (Å²) >= 11 is 5.18. The first-order valence-electron chi connectivity index (χ1n) is 9.20. The zero-order valence-electron chi connectivity index (χ0n) is 15.6. The van der Waals surface area contributed by atoms with Crippen LogP contribution in [0.2, 0.25) is 0 Å². The van der Waals surface area contributed by atoms with Gasteiger partial charge in [0.15, 0.2) is 11.2 Å². The Morgan fingerprint density at radius 2 is 2.04 bits per heavy atom. The van der Waals surface area contributed by atoms with E-state index in [2.05, 4.69) is 26.6 Å². The van der Waals surface area contributed by atoms with E-state index < -0.39 is 6.04 Å². The molecule has 8 heteroatoms. The van der Waals surface area contributed by atoms with Crippen molar-refractivity contribution in [3.63, 3.8) is 0 Å². The summed E-state index contributed by atoms with van der Waals surface area (Å²) in [6.45, 7) is 4.58. The number of hydrazone groups is 1. The van der Waals surface area contributed by atoms with Gasteiger partial charge in [-0.3, -0.25) is 9.80 Å². The van der Waals surface area contributed by atoms with Crippen molar-refractivity contribution in [3.8, 4) is 5.75 Å². The average molecular weight is 461 g/mol. The van der Waals surface area contributed by atoms with E-state index >= 15 is 0 Å². The second kappa shape index (κ2) is 8.05. The van der Waals surface area contributed by atoms with Gasteiger partial charge in [0.1, 0.15) is 11.9 Å². The lowest BCUT2D eigenvalue weighted by molar-refractivity contribution is -0.127. The second-order valence-electron chi connectivity index (χ2n) is 6.36. The molecule has 0 saturated heterocycles. The van der Waals surface area contributed by atoms with Crippen LogP contribution in [0.4, 0.5) is 5.69 Å². The third-order valence-corrected chi connectivity index (χ3v) is 6.08. The summed E-state index contributed by atoms with van der Waals surface area (Å²) in [5.41, 5.74) is 2.81. The lowest BCUT2D eigenvalue weighted by atomic mass is 9.97. The van der Waals surface area contributed by atoms with Gasteiger partial charge in [-0.25, -0.2) is 0 Å². The fraction of sp³-hybridized carbons (Fsp3) is 0.300. The monoisotopic (exact) mass is 460 g/mol. The van der Waals surface area contributed by atoms with E-state index in [1.807, 2.05) is 61.3 Å². The summed E-state index contributed by atoms with van der Waals surface area (Å²) < 4.78 is 6.62. The summed E-state index contributed by atoms with van der Waals surface area (Å²) in [5, 5.41) is 13.7. The summed E-state index contributed by atoms with van der Waals surface area (Å²) in [5.74, 6) is 1.55. The van der Waals surface area contributed by atoms with Gasteiger partial charge in [0.2, 0.25) is 0 Å². The Morgan fingerprint density at radius 1 is 1.21 bits per heavy atom. The number of hydrogen-bond acceptors (Lipinski definition) is 6. The number of rotatable bonds is 4. The highest BCUT2D eigenvalue weighted by Crippen LogP contribution is 2.44. The van der Waals surface area contributed by atoms with Crippen molar-refractivity contribution in [2.75, 3.05) is 17.7 Å². The van der Waals surface area contributed by atoms with Crippen LogP contribution in [-0.4, -0.2) is 28.4 Å². The Balaban J connectivity index is 1.84. The van der Waals surface area contributed by atoms with Crippen molar-refractivity contribution < 1.29 is 9.53 Å². The van der Waals surface area contributed by atoms with Crippen molar-refractivity contribution in [2.45, 2.75) is 26.1 Å². The number of hydrogen-bond donors (Lipinski definition) is 2. The molecule has 2 atom stereocenters. The van der Waals surface area contributed by atoms with E-state index in [4.69, 9.17) is 9.84 Å². The second-order valence-corrected chi connectivity index (χ2v) is 8.47. The van der Waals surface area contributed by atoms with Gasteiger partial charge < -0.3 is 15.4 Å². The number of nitrogens with zero attached hydrogens (tertiary/aromatic N) is 2. The Morgan fingerprint density at radius 3 is 2.82 bits per heavy atom. The van der Waals surface area contributed by atoms with E-state index in [1.54, 1.807) is 0 Å². The molecular formula is C20H21BrN4O2S. The summed E-state index contributed by atoms with van der Waals surface area (Å²) in [6.07, 6.45) is -0.312. The number of halogens is 1. The molecule has 0 aromatic heterocycles. The van der Waals surface area contributed by atoms with Crippen LogP contribution in [0.15, 0.2) is 52.0 Å². The highest BCUT2D eigenvalue weighted by atomic mass is 79.9. The van der Waals surface area contributed by atoms with E-state index in [1.165, 1.54) is 11.8 Å². The first-order valence-corrected chi connectivity index (χ1v) is 11.0. The van der Waals surface area contributed by atoms with Gasteiger partial charge in [-0.1, -0.05) is 52.8 Å². The van der Waals surface area contributed by atoms with Crippen molar-refractivity contribution >= 4 is 44.5 Å². The topological polar surface area (TPSA) is 66.0 Å². The van der Waals surface area contributed by atoms with Crippen molar-refractivity contribution in [1.82, 2.24) is 10.3 Å². The zero-order chi connectivity index (χ0) is 19.7. The standard InChI is InChI=1S/C20H21BrN4O2S/c1-3-27-12-9-10-15(21)14(11-12)18-22-16-8-6-5-7-13(16)17-19(26)23-20(28-4-2)24-25(17)18/h5-11,17-18,22H,3-4H2,1-2H3,(H,23,24,26)/t17-,18+/m0/s1. The number of nitrogens with one attached hydrogen (secondary N) is 2. The van der Waals surface area contributed by atoms with Crippen molar-refractivity contribution in [2.24, 2.45) is 5.10 Å². The Hall–Kier alpha value is -2.19. The number of carbonyl (C=O) groups excluding carboxylic acids is 1. The molecule has 2 aliphatic rings. The van der Waals surface area contributed by atoms with E-state index in [0.717, 1.165) is 32.8 Å². The number of ether oxygens (including phenoxy) is 1. The van der Waals surface area contributed by atoms with Crippen LogP contribution < -0.4 is 15.4 Å². The molecule has 0 bridgehead atoms. The van der Waals surface area contributed by atoms with E-state index in [-0.39, 0.29) is 12.1 Å². The smallest absolute Gasteiger partial charge is 0.255 e. The number of carbonyl (C=O) groups is 1. The summed E-state index contributed by atoms with van der Waals surface area (Å²) in [6, 6.07) is 13.3. The Kier molecular flexibility index (Phi) is 5.50. The lowest BCUT2D eigenvalue weighted by Crippen LogP contribution is -2.51. The summed E-state index contributed by atoms with van der Waals surface area (Å²) in [7, 11) is 0. The lowest BCUT2D eigenvalue weighted by Gasteiger charge is -2.44. The number of para-hydroxylation sites is 1. The van der Waals surface area contributed by atoms with Gasteiger partial charge >= 0.3 is 0 Å². The number of amidine groups is 1. The average Bonchev–Trinajstić information content (AvgIpc) is 2.69. The summed E-state index contributed by atoms with van der Waals surface area (Å²) in [4.78, 5) is 13.0. The fourth-order valence-electron chi connectivity index (χ4n) is 3.46. The first kappa shape index (κ1) is 19.1. The minimum absolute atomic E-state index is 0.0676. The Bertz CT molecular complexity index is 936. The molecule has 4 rings (SSSR count). The van der Waals surface area contributed by atoms with Crippen LogP contribution in [0.3, 0.4) is 0 Å². The van der Waals surface area contributed by atoms with Gasteiger partial charge in [0.05, 0.1) is 6.61 Å². The van der Waals surface area contributed by atoms with Crippen LogP contribution in [0.25, 0.3) is 0 Å². The fourth-order valence-corrected chi connectivity index (χ4v) is 4.52. The van der Waals surface area contributed by atoms with Gasteiger partial charge in [-0.15, -0.1) is 5.10 Å². The number of amides is 1. The van der Waals surface area contributed by atoms with Crippen LogP contribution in [0.5, 0.6) is 5.75 Å². The maximum atomic E-state index is 13.0. The quantitative estimate of drug-likeness (QED) is 0.704. The van der Waals surface area contributed by atoms with Crippen molar-refractivity contribution in [1.29, 1.82) is 0 Å². The molecule has 0 unspecified atom stereocenters. The van der Waals surface area contributed by atoms with Gasteiger partial charge in [0.25, 0.3) is 5.91 Å². The maximum absolute atomic E-state index is 13.0. The molecule has 28 heavy (non-hydrogen) atoms. The molecule has 0 saturated carbocycles. The van der Waals surface area contributed by atoms with Gasteiger partial charge in [0, 0.05) is 21.3 Å². The van der Waals surface area contributed by atoms with Crippen LogP contribution in [0.1, 0.15) is 37.2 Å². The number of anilines is 1. The van der Waals surface area contributed by atoms with Gasteiger partial charge in [-0.05, 0) is 36.9 Å². The third kappa shape index (κ3) is 3.46. The minimum atomic E-state index is -0.494. The SMILES string of the molecule is CCOc1ccc(Br)c([C@@H]2Nc3ccccc3[C@H]3C(=O)NC(SCC)=NN32)c1. The predicted molar refractivity (Wildman–Crippen MR) is 116 cm³/mol. The largest absolute Gasteiger partial charge is 0.494 e. The molecule has 0 radical (unpaired) electrons. The molecule has 2 N–H and O–H groups in total. The third-order valence-electron chi connectivity index (χ3n) is 4.62. The van der Waals surface area contributed by atoms with Crippen molar-refractivity contribution in [3.05, 3.63) is 58.1 Å². The number of fused-ring (bicyclic) bond motifs is 3. The van der Waals surface area contributed by atoms with Crippen LogP contribution in [-0.2, 0) is 4.79 Å². The first-order chi connectivity index (χ1) is 13.6. The molecular weight excluding hydrogens is 440 g/mol. The maximum Gasteiger partial charge on any atom is 0.255 e. The molecule has 2 heterocycles. The van der Waals surface area contributed by atoms with E-state index in [0.29, 0.717) is 11.8 Å². The molecule has 0 aliphatic carbocycles. The predicted octanol–water partition coefficient (Wildman–Crippen LogP) is 4.47. The highest BCUT2D eigenvalue weighted by Gasteiger charge is 2.42. The normalized spacial score (nSPS) is 20.5. The molecule has 0 spiro atoms. The molecule has 1 amide bonds. The minimum Gasteiger partial charge on any atom is -0.494 e. The molecule has 2 aliphatic heterocycles. The van der Waals surface area contributed by atoms with Gasteiger partial charge in [-0.2, -0.15) is 0 Å². The number of benzene rings is 2. The highest BCUT2D eigenvalue weighted by molar-refractivity contribution is 9.10. The Labute approximate surface area is 176 Å². The molecule has 6 nitrogen and oxygen atoms in total. The molecule has 0 fully saturated rings. The van der Waals surface area contributed by atoms with E-state index in [9.17, 15) is 4.79 Å². The zero-order valence-corrected chi connectivity index (χ0v) is 18.0. The molecule has 2 aromatic rings. The molecule has 146 valence electrons. The van der Waals surface area contributed by atoms with Crippen LogP contribution in [0, 0.1) is 0 Å².